The number of halogens is 4. The van der Waals surface area contributed by atoms with Crippen LogP contribution in [-0.2, 0) is 20.3 Å². The van der Waals surface area contributed by atoms with Gasteiger partial charge in [0, 0.05) is 50.7 Å². The SMILES string of the molecule is C[C@H](CCNc1cc(Cl)ncc1-c1cc(C(F)(F)F)n(C)n1)Oc1c(-c2nccc(N)n2)cnn1C. The van der Waals surface area contributed by atoms with E-state index in [1.54, 1.807) is 36.3 Å². The average Bonchev–Trinajstić information content (AvgIpc) is 3.36. The second-order valence-electron chi connectivity index (χ2n) is 8.02. The summed E-state index contributed by atoms with van der Waals surface area (Å²) in [5, 5.41) is 11.6. The number of alkyl halides is 3. The predicted octanol–water partition coefficient (Wildman–Crippen LogP) is 4.20. The number of nitrogens with two attached hydrogens (primary N) is 1. The Balaban J connectivity index is 1.46. The van der Waals surface area contributed by atoms with E-state index in [0.717, 1.165) is 10.7 Å². The van der Waals surface area contributed by atoms with Gasteiger partial charge >= 0.3 is 6.18 Å². The van der Waals surface area contributed by atoms with Gasteiger partial charge in [-0.25, -0.2) is 19.6 Å². The van der Waals surface area contributed by atoms with Gasteiger partial charge in [0.05, 0.1) is 18.0 Å². The smallest absolute Gasteiger partial charge is 0.433 e. The Bertz CT molecular complexity index is 1370. The van der Waals surface area contributed by atoms with Gasteiger partial charge in [0.2, 0.25) is 5.88 Å². The molecular formula is C22H23ClF3N9O. The number of aryl methyl sites for hydroxylation is 2. The van der Waals surface area contributed by atoms with E-state index in [1.165, 1.54) is 13.2 Å². The van der Waals surface area contributed by atoms with Crippen LogP contribution in [-0.4, -0.2) is 47.2 Å². The molecule has 0 aliphatic rings. The van der Waals surface area contributed by atoms with Crippen LogP contribution in [0.1, 0.15) is 19.0 Å². The highest BCUT2D eigenvalue weighted by Gasteiger charge is 2.35. The number of rotatable bonds is 8. The normalized spacial score (nSPS) is 12.5. The van der Waals surface area contributed by atoms with Crippen molar-refractivity contribution in [3.63, 3.8) is 0 Å². The van der Waals surface area contributed by atoms with Gasteiger partial charge < -0.3 is 15.8 Å². The van der Waals surface area contributed by atoms with Gasteiger partial charge in [0.25, 0.3) is 0 Å². The van der Waals surface area contributed by atoms with E-state index in [2.05, 4.69) is 30.5 Å². The molecule has 4 heterocycles. The van der Waals surface area contributed by atoms with Gasteiger partial charge in [-0.05, 0) is 25.1 Å². The lowest BCUT2D eigenvalue weighted by Gasteiger charge is -2.17. The molecule has 14 heteroatoms. The van der Waals surface area contributed by atoms with Gasteiger partial charge in [-0.15, -0.1) is 0 Å². The van der Waals surface area contributed by atoms with Crippen LogP contribution >= 0.6 is 11.6 Å². The van der Waals surface area contributed by atoms with Gasteiger partial charge in [-0.1, -0.05) is 11.6 Å². The van der Waals surface area contributed by atoms with Crippen LogP contribution in [0.3, 0.4) is 0 Å². The molecule has 0 unspecified atom stereocenters. The standard InChI is InChI=1S/C22H23ClF3N9O/c1-12(36-21-14(11-31-35(21)3)20-29-7-5-19(27)32-20)4-6-28-15-9-18(23)30-10-13(15)16-8-17(22(24,25)26)34(2)33-16/h5,7-12H,4,6H2,1-3H3,(H,28,30)(H2,27,29,32)/t12-/m1/s1. The van der Waals surface area contributed by atoms with Crippen LogP contribution in [0.15, 0.2) is 36.8 Å². The number of hydrogen-bond donors (Lipinski definition) is 2. The molecule has 4 rings (SSSR count). The zero-order valence-electron chi connectivity index (χ0n) is 19.6. The van der Waals surface area contributed by atoms with Crippen LogP contribution in [0.2, 0.25) is 5.15 Å². The van der Waals surface area contributed by atoms with Gasteiger partial charge in [-0.2, -0.15) is 23.4 Å². The van der Waals surface area contributed by atoms with Gasteiger partial charge in [0.15, 0.2) is 5.82 Å². The minimum atomic E-state index is -4.53. The number of pyridine rings is 1. The summed E-state index contributed by atoms with van der Waals surface area (Å²) in [6.07, 6.45) is 0.292. The molecule has 10 nitrogen and oxygen atoms in total. The molecule has 0 radical (unpaired) electrons. The van der Waals surface area contributed by atoms with Crippen molar-refractivity contribution in [2.24, 2.45) is 14.1 Å². The quantitative estimate of drug-likeness (QED) is 0.331. The fourth-order valence-electron chi connectivity index (χ4n) is 3.53. The molecule has 1 atom stereocenters. The van der Waals surface area contributed by atoms with Gasteiger partial charge in [0.1, 0.15) is 22.2 Å². The van der Waals surface area contributed by atoms with E-state index in [-0.39, 0.29) is 17.0 Å². The van der Waals surface area contributed by atoms with E-state index < -0.39 is 11.9 Å². The summed E-state index contributed by atoms with van der Waals surface area (Å²) in [5.41, 5.74) is 6.53. The Morgan fingerprint density at radius 3 is 2.61 bits per heavy atom. The first-order chi connectivity index (χ1) is 17.0. The highest BCUT2D eigenvalue weighted by molar-refractivity contribution is 6.29. The maximum absolute atomic E-state index is 13.2. The molecule has 4 aromatic heterocycles. The molecule has 190 valence electrons. The lowest BCUT2D eigenvalue weighted by Crippen LogP contribution is -2.19. The summed E-state index contributed by atoms with van der Waals surface area (Å²) >= 11 is 6.04. The van der Waals surface area contributed by atoms with Gasteiger partial charge in [-0.3, -0.25) is 4.68 Å². The first kappa shape index (κ1) is 25.2. The van der Waals surface area contributed by atoms with Crippen molar-refractivity contribution in [2.75, 3.05) is 17.6 Å². The molecular weight excluding hydrogens is 499 g/mol. The lowest BCUT2D eigenvalue weighted by atomic mass is 10.1. The second kappa shape index (κ2) is 10.0. The Labute approximate surface area is 209 Å². The molecule has 0 amide bonds. The summed E-state index contributed by atoms with van der Waals surface area (Å²) in [7, 11) is 2.98. The predicted molar refractivity (Wildman–Crippen MR) is 128 cm³/mol. The van der Waals surface area contributed by atoms with Crippen molar-refractivity contribution in [3.05, 3.63) is 47.6 Å². The van der Waals surface area contributed by atoms with Crippen LogP contribution in [0, 0.1) is 0 Å². The molecule has 0 bridgehead atoms. The third-order valence-electron chi connectivity index (χ3n) is 5.30. The van der Waals surface area contributed by atoms with Crippen molar-refractivity contribution in [2.45, 2.75) is 25.6 Å². The average molecular weight is 522 g/mol. The van der Waals surface area contributed by atoms with E-state index >= 15 is 0 Å². The first-order valence-corrected chi connectivity index (χ1v) is 11.2. The Morgan fingerprint density at radius 2 is 1.92 bits per heavy atom. The van der Waals surface area contributed by atoms with Crippen LogP contribution in [0.5, 0.6) is 5.88 Å². The Kier molecular flexibility index (Phi) is 7.02. The number of hydrogen-bond acceptors (Lipinski definition) is 8. The lowest BCUT2D eigenvalue weighted by molar-refractivity contribution is -0.143. The number of anilines is 2. The number of ether oxygens (including phenoxy) is 1. The van der Waals surface area contributed by atoms with E-state index in [4.69, 9.17) is 22.1 Å². The van der Waals surface area contributed by atoms with Crippen molar-refractivity contribution < 1.29 is 17.9 Å². The third-order valence-corrected chi connectivity index (χ3v) is 5.51. The fourth-order valence-corrected chi connectivity index (χ4v) is 3.68. The van der Waals surface area contributed by atoms with E-state index in [1.807, 2.05) is 6.92 Å². The molecule has 4 aromatic rings. The zero-order chi connectivity index (χ0) is 26.0. The Morgan fingerprint density at radius 1 is 1.14 bits per heavy atom. The van der Waals surface area contributed by atoms with Crippen molar-refractivity contribution in [1.29, 1.82) is 0 Å². The monoisotopic (exact) mass is 521 g/mol. The molecule has 36 heavy (non-hydrogen) atoms. The minimum absolute atomic E-state index is 0.127. The van der Waals surface area contributed by atoms with Crippen molar-refractivity contribution in [3.8, 4) is 28.5 Å². The number of aromatic nitrogens is 7. The summed E-state index contributed by atoms with van der Waals surface area (Å²) in [5.74, 6) is 1.20. The topological polar surface area (TPSA) is 122 Å². The largest absolute Gasteiger partial charge is 0.474 e. The molecule has 3 N–H and O–H groups in total. The minimum Gasteiger partial charge on any atom is -0.474 e. The Hall–Kier alpha value is -3.87. The highest BCUT2D eigenvalue weighted by Crippen LogP contribution is 2.35. The summed E-state index contributed by atoms with van der Waals surface area (Å²) in [6, 6.07) is 4.11. The van der Waals surface area contributed by atoms with Crippen LogP contribution in [0.4, 0.5) is 24.7 Å². The van der Waals surface area contributed by atoms with E-state index in [0.29, 0.717) is 47.3 Å². The molecule has 0 aliphatic heterocycles. The maximum Gasteiger partial charge on any atom is 0.433 e. The fraction of sp³-hybridized carbons (Fsp3) is 0.318. The van der Waals surface area contributed by atoms with Crippen LogP contribution < -0.4 is 15.8 Å². The summed E-state index contributed by atoms with van der Waals surface area (Å²) in [4.78, 5) is 12.5. The third kappa shape index (κ3) is 5.51. The van der Waals surface area contributed by atoms with Crippen LogP contribution in [0.25, 0.3) is 22.6 Å². The molecule has 0 fully saturated rings. The zero-order valence-corrected chi connectivity index (χ0v) is 20.3. The molecule has 0 saturated heterocycles. The molecule has 0 aromatic carbocycles. The van der Waals surface area contributed by atoms with E-state index in [9.17, 15) is 13.2 Å². The maximum atomic E-state index is 13.2. The first-order valence-electron chi connectivity index (χ1n) is 10.8. The molecule has 0 aliphatic carbocycles. The van der Waals surface area contributed by atoms with Crippen molar-refractivity contribution >= 4 is 23.1 Å². The summed E-state index contributed by atoms with van der Waals surface area (Å²) in [6.45, 7) is 2.31. The number of nitrogens with one attached hydrogen (secondary N) is 1. The summed E-state index contributed by atoms with van der Waals surface area (Å²) < 4.78 is 48.2. The molecule has 0 saturated carbocycles. The number of nitrogen functional groups attached to an aromatic ring is 1. The molecule has 0 spiro atoms. The highest BCUT2D eigenvalue weighted by atomic mass is 35.5. The number of nitrogens with zero attached hydrogens (tertiary/aromatic N) is 7. The second-order valence-corrected chi connectivity index (χ2v) is 8.41. The van der Waals surface area contributed by atoms with Crippen molar-refractivity contribution in [1.82, 2.24) is 34.5 Å².